The van der Waals surface area contributed by atoms with Gasteiger partial charge in [0.15, 0.2) is 0 Å². The largest absolute Gasteiger partial charge is 0.336 e. The highest BCUT2D eigenvalue weighted by atomic mass is 16.2. The van der Waals surface area contributed by atoms with E-state index in [1.807, 2.05) is 24.3 Å². The van der Waals surface area contributed by atoms with E-state index in [0.29, 0.717) is 25.4 Å². The summed E-state index contributed by atoms with van der Waals surface area (Å²) in [6.07, 6.45) is 6.89. The number of allylic oxidation sites excluding steroid dienone is 2. The Balaban J connectivity index is 1.64. The van der Waals surface area contributed by atoms with Crippen molar-refractivity contribution in [3.63, 3.8) is 0 Å². The Kier molecular flexibility index (Phi) is 3.90. The standard InChI is InChI=1S/C16H19N3O2/c20-15(10-12-4-1-2-5-12)18-13-6-3-7-14(11-13)19-9-8-17-16(19)21/h1,3-4,6-7,11-12H,2,5,8-10H2,(H,17,21)(H,18,20)/t12-/m1/s1. The summed E-state index contributed by atoms with van der Waals surface area (Å²) in [5.41, 5.74) is 1.54. The molecule has 1 fully saturated rings. The number of hydrogen-bond donors (Lipinski definition) is 2. The van der Waals surface area contributed by atoms with Crippen LogP contribution >= 0.6 is 0 Å². The summed E-state index contributed by atoms with van der Waals surface area (Å²) in [7, 11) is 0. The first-order valence-corrected chi connectivity index (χ1v) is 7.34. The van der Waals surface area contributed by atoms with Crippen LogP contribution in [0.15, 0.2) is 36.4 Å². The lowest BCUT2D eigenvalue weighted by Gasteiger charge is -2.16. The van der Waals surface area contributed by atoms with Crippen LogP contribution in [0.5, 0.6) is 0 Å². The molecule has 0 aromatic heterocycles. The summed E-state index contributed by atoms with van der Waals surface area (Å²) in [6, 6.07) is 7.33. The van der Waals surface area contributed by atoms with Crippen LogP contribution in [0.25, 0.3) is 0 Å². The highest BCUT2D eigenvalue weighted by Gasteiger charge is 2.21. The number of benzene rings is 1. The van der Waals surface area contributed by atoms with Gasteiger partial charge in [-0.2, -0.15) is 0 Å². The van der Waals surface area contributed by atoms with Crippen molar-refractivity contribution in [2.45, 2.75) is 19.3 Å². The van der Waals surface area contributed by atoms with Gasteiger partial charge in [-0.05, 0) is 37.0 Å². The fraction of sp³-hybridized carbons (Fsp3) is 0.375. The Morgan fingerprint density at radius 1 is 1.43 bits per heavy atom. The van der Waals surface area contributed by atoms with Crippen molar-refractivity contribution in [2.75, 3.05) is 23.3 Å². The van der Waals surface area contributed by atoms with Crippen molar-refractivity contribution in [2.24, 2.45) is 5.92 Å². The highest BCUT2D eigenvalue weighted by molar-refractivity contribution is 5.96. The summed E-state index contributed by atoms with van der Waals surface area (Å²) in [6.45, 7) is 1.31. The van der Waals surface area contributed by atoms with Gasteiger partial charge in [-0.3, -0.25) is 9.69 Å². The molecule has 1 heterocycles. The maximum absolute atomic E-state index is 12.0. The molecule has 1 saturated heterocycles. The molecule has 21 heavy (non-hydrogen) atoms. The zero-order valence-corrected chi connectivity index (χ0v) is 11.8. The molecule has 2 N–H and O–H groups in total. The molecule has 5 heteroatoms. The molecule has 1 aromatic carbocycles. The Hall–Kier alpha value is -2.30. The number of anilines is 2. The van der Waals surface area contributed by atoms with Crippen molar-refractivity contribution in [1.29, 1.82) is 0 Å². The van der Waals surface area contributed by atoms with Crippen molar-refractivity contribution >= 4 is 23.3 Å². The number of hydrogen-bond acceptors (Lipinski definition) is 2. The number of urea groups is 1. The minimum Gasteiger partial charge on any atom is -0.336 e. The monoisotopic (exact) mass is 285 g/mol. The van der Waals surface area contributed by atoms with E-state index < -0.39 is 0 Å². The molecular formula is C16H19N3O2. The molecule has 3 rings (SSSR count). The number of rotatable bonds is 4. The first-order valence-electron chi connectivity index (χ1n) is 7.34. The third-order valence-electron chi connectivity index (χ3n) is 3.86. The van der Waals surface area contributed by atoms with E-state index in [2.05, 4.69) is 22.8 Å². The number of nitrogens with zero attached hydrogens (tertiary/aromatic N) is 1. The van der Waals surface area contributed by atoms with Crippen LogP contribution in [-0.2, 0) is 4.79 Å². The van der Waals surface area contributed by atoms with Crippen molar-refractivity contribution in [3.8, 4) is 0 Å². The third kappa shape index (κ3) is 3.24. The van der Waals surface area contributed by atoms with Crippen LogP contribution in [0.1, 0.15) is 19.3 Å². The van der Waals surface area contributed by atoms with Gasteiger partial charge in [-0.25, -0.2) is 4.79 Å². The normalized spacial score (nSPS) is 20.7. The van der Waals surface area contributed by atoms with Gasteiger partial charge < -0.3 is 10.6 Å². The summed E-state index contributed by atoms with van der Waals surface area (Å²) >= 11 is 0. The third-order valence-corrected chi connectivity index (χ3v) is 3.86. The second kappa shape index (κ2) is 5.99. The van der Waals surface area contributed by atoms with Gasteiger partial charge in [0.05, 0.1) is 0 Å². The SMILES string of the molecule is O=C(C[C@@H]1C=CCC1)Nc1cccc(N2CCNC2=O)c1. The Labute approximate surface area is 124 Å². The van der Waals surface area contributed by atoms with Crippen LogP contribution in [0.2, 0.25) is 0 Å². The minimum atomic E-state index is -0.0884. The van der Waals surface area contributed by atoms with Crippen molar-refractivity contribution < 1.29 is 9.59 Å². The average Bonchev–Trinajstić information content (AvgIpc) is 3.10. The lowest BCUT2D eigenvalue weighted by atomic mass is 10.1. The van der Waals surface area contributed by atoms with E-state index >= 15 is 0 Å². The zero-order valence-electron chi connectivity index (χ0n) is 11.8. The van der Waals surface area contributed by atoms with Gasteiger partial charge in [0, 0.05) is 30.9 Å². The second-order valence-electron chi connectivity index (χ2n) is 5.45. The molecule has 0 radical (unpaired) electrons. The summed E-state index contributed by atoms with van der Waals surface area (Å²) in [5, 5.41) is 5.68. The molecule has 1 atom stereocenters. The Bertz CT molecular complexity index is 583. The van der Waals surface area contributed by atoms with E-state index in [1.54, 1.807) is 4.90 Å². The molecule has 0 saturated carbocycles. The number of carbonyl (C=O) groups excluding carboxylic acids is 2. The average molecular weight is 285 g/mol. The number of amides is 3. The topological polar surface area (TPSA) is 61.4 Å². The Morgan fingerprint density at radius 3 is 3.05 bits per heavy atom. The first kappa shape index (κ1) is 13.7. The quantitative estimate of drug-likeness (QED) is 0.835. The second-order valence-corrected chi connectivity index (χ2v) is 5.45. The van der Waals surface area contributed by atoms with Gasteiger partial charge in [-0.15, -0.1) is 0 Å². The van der Waals surface area contributed by atoms with E-state index in [4.69, 9.17) is 0 Å². The van der Waals surface area contributed by atoms with E-state index in [0.717, 1.165) is 24.2 Å². The molecule has 1 aliphatic heterocycles. The molecule has 110 valence electrons. The summed E-state index contributed by atoms with van der Waals surface area (Å²) < 4.78 is 0. The molecule has 1 aromatic rings. The predicted octanol–water partition coefficient (Wildman–Crippen LogP) is 2.51. The molecule has 3 amide bonds. The van der Waals surface area contributed by atoms with Crippen molar-refractivity contribution in [3.05, 3.63) is 36.4 Å². The van der Waals surface area contributed by atoms with Crippen molar-refractivity contribution in [1.82, 2.24) is 5.32 Å². The lowest BCUT2D eigenvalue weighted by molar-refractivity contribution is -0.116. The van der Waals surface area contributed by atoms with Crippen LogP contribution in [0.3, 0.4) is 0 Å². The minimum absolute atomic E-state index is 0.0228. The fourth-order valence-electron chi connectivity index (χ4n) is 2.78. The van der Waals surface area contributed by atoms with E-state index in [-0.39, 0.29) is 11.9 Å². The Morgan fingerprint density at radius 2 is 2.33 bits per heavy atom. The molecular weight excluding hydrogens is 266 g/mol. The highest BCUT2D eigenvalue weighted by Crippen LogP contribution is 2.23. The summed E-state index contributed by atoms with van der Waals surface area (Å²) in [5.74, 6) is 0.382. The predicted molar refractivity (Wildman–Crippen MR) is 82.3 cm³/mol. The zero-order chi connectivity index (χ0) is 14.7. The van der Waals surface area contributed by atoms with Crippen LogP contribution in [-0.4, -0.2) is 25.0 Å². The maximum Gasteiger partial charge on any atom is 0.321 e. The van der Waals surface area contributed by atoms with E-state index in [1.165, 1.54) is 0 Å². The molecule has 0 bridgehead atoms. The fourth-order valence-corrected chi connectivity index (χ4v) is 2.78. The van der Waals surface area contributed by atoms with Crippen LogP contribution in [0.4, 0.5) is 16.2 Å². The van der Waals surface area contributed by atoms with Gasteiger partial charge in [0.1, 0.15) is 0 Å². The van der Waals surface area contributed by atoms with E-state index in [9.17, 15) is 9.59 Å². The van der Waals surface area contributed by atoms with Gasteiger partial charge in [0.25, 0.3) is 0 Å². The molecule has 0 spiro atoms. The number of nitrogens with one attached hydrogen (secondary N) is 2. The molecule has 1 aliphatic carbocycles. The molecule has 2 aliphatic rings. The maximum atomic E-state index is 12.0. The van der Waals surface area contributed by atoms with Gasteiger partial charge in [-0.1, -0.05) is 18.2 Å². The number of carbonyl (C=O) groups is 2. The lowest BCUT2D eigenvalue weighted by Crippen LogP contribution is -2.27. The van der Waals surface area contributed by atoms with Crippen LogP contribution < -0.4 is 15.5 Å². The van der Waals surface area contributed by atoms with Crippen LogP contribution in [0, 0.1) is 5.92 Å². The van der Waals surface area contributed by atoms with Gasteiger partial charge in [0.2, 0.25) is 5.91 Å². The molecule has 0 unspecified atom stereocenters. The molecule has 5 nitrogen and oxygen atoms in total. The summed E-state index contributed by atoms with van der Waals surface area (Å²) in [4.78, 5) is 25.4. The smallest absolute Gasteiger partial charge is 0.321 e. The van der Waals surface area contributed by atoms with Gasteiger partial charge >= 0.3 is 6.03 Å². The first-order chi connectivity index (χ1) is 10.2.